The molecule has 1 N–H and O–H groups in total. The van der Waals surface area contributed by atoms with Crippen molar-refractivity contribution in [3.05, 3.63) is 53.2 Å². The van der Waals surface area contributed by atoms with Gasteiger partial charge in [0.15, 0.2) is 0 Å². The summed E-state index contributed by atoms with van der Waals surface area (Å²) in [5.74, 6) is -0.143. The number of aryl methyl sites for hydroxylation is 2. The number of hydrogen-bond donors (Lipinski definition) is 1. The van der Waals surface area contributed by atoms with Crippen molar-refractivity contribution in [1.82, 2.24) is 15.2 Å². The Morgan fingerprint density at radius 2 is 2.11 bits per heavy atom. The smallest absolute Gasteiger partial charge is 0.256 e. The molecule has 0 bridgehead atoms. The van der Waals surface area contributed by atoms with Gasteiger partial charge >= 0.3 is 0 Å². The molecule has 0 aliphatic carbocycles. The third-order valence-electron chi connectivity index (χ3n) is 4.97. The second kappa shape index (κ2) is 9.24. The maximum atomic E-state index is 13.2. The summed E-state index contributed by atoms with van der Waals surface area (Å²) in [6.07, 6.45) is 3.39. The number of hydrogen-bond acceptors (Lipinski definition) is 4. The normalized spacial score (nSPS) is 16.7. The van der Waals surface area contributed by atoms with Gasteiger partial charge in [-0.15, -0.1) is 0 Å². The number of pyridine rings is 1. The van der Waals surface area contributed by atoms with Gasteiger partial charge in [-0.1, -0.05) is 29.5 Å². The van der Waals surface area contributed by atoms with Gasteiger partial charge in [-0.05, 0) is 57.4 Å². The molecule has 1 unspecified atom stereocenters. The summed E-state index contributed by atoms with van der Waals surface area (Å²) in [7, 11) is 0. The van der Waals surface area contributed by atoms with Crippen LogP contribution in [-0.4, -0.2) is 41.3 Å². The number of carbonyl (C=O) groups excluding carboxylic acids is 2. The Labute approximate surface area is 170 Å². The van der Waals surface area contributed by atoms with E-state index in [-0.39, 0.29) is 17.7 Å². The third kappa shape index (κ3) is 4.73. The maximum absolute atomic E-state index is 13.2. The third-order valence-corrected chi connectivity index (χ3v) is 6.17. The minimum atomic E-state index is -0.134. The summed E-state index contributed by atoms with van der Waals surface area (Å²) < 4.78 is 0. The van der Waals surface area contributed by atoms with Crippen molar-refractivity contribution in [2.75, 3.05) is 19.6 Å². The van der Waals surface area contributed by atoms with Crippen LogP contribution in [0.25, 0.3) is 0 Å². The first kappa shape index (κ1) is 20.4. The van der Waals surface area contributed by atoms with Gasteiger partial charge in [-0.25, -0.2) is 4.98 Å². The minimum Gasteiger partial charge on any atom is -0.356 e. The summed E-state index contributed by atoms with van der Waals surface area (Å²) in [5, 5.41) is 3.58. The van der Waals surface area contributed by atoms with Crippen LogP contribution >= 0.6 is 11.8 Å². The molecule has 1 aliphatic heterocycles. The molecule has 0 saturated carbocycles. The van der Waals surface area contributed by atoms with Crippen molar-refractivity contribution in [2.45, 2.75) is 43.5 Å². The molecule has 3 rings (SSSR count). The highest BCUT2D eigenvalue weighted by Gasteiger charge is 2.29. The lowest BCUT2D eigenvalue weighted by Gasteiger charge is -2.32. The molecule has 1 aliphatic rings. The van der Waals surface area contributed by atoms with Gasteiger partial charge in [0.2, 0.25) is 5.91 Å². The molecule has 1 fully saturated rings. The lowest BCUT2D eigenvalue weighted by atomic mass is 9.96. The highest BCUT2D eigenvalue weighted by Crippen LogP contribution is 2.32. The first-order valence-electron chi connectivity index (χ1n) is 9.76. The van der Waals surface area contributed by atoms with E-state index >= 15 is 0 Å². The molecule has 1 aromatic carbocycles. The van der Waals surface area contributed by atoms with Crippen LogP contribution in [0.15, 0.2) is 46.5 Å². The summed E-state index contributed by atoms with van der Waals surface area (Å²) in [4.78, 5) is 32.8. The van der Waals surface area contributed by atoms with Crippen molar-refractivity contribution in [1.29, 1.82) is 0 Å². The van der Waals surface area contributed by atoms with Crippen LogP contribution < -0.4 is 5.32 Å². The fourth-order valence-corrected chi connectivity index (χ4v) is 4.46. The molecule has 2 aromatic rings. The quantitative estimate of drug-likeness (QED) is 0.833. The first-order valence-corrected chi connectivity index (χ1v) is 10.6. The van der Waals surface area contributed by atoms with Gasteiger partial charge in [0.05, 0.1) is 11.5 Å². The number of aromatic nitrogens is 1. The van der Waals surface area contributed by atoms with E-state index in [1.807, 2.05) is 13.0 Å². The van der Waals surface area contributed by atoms with E-state index in [1.54, 1.807) is 17.2 Å². The van der Waals surface area contributed by atoms with Crippen LogP contribution in [0, 0.1) is 19.8 Å². The van der Waals surface area contributed by atoms with E-state index in [0.29, 0.717) is 30.2 Å². The Hall–Kier alpha value is -2.34. The number of nitrogens with one attached hydrogen (secondary N) is 1. The van der Waals surface area contributed by atoms with Crippen LogP contribution in [0.2, 0.25) is 0 Å². The van der Waals surface area contributed by atoms with Crippen LogP contribution in [0.4, 0.5) is 0 Å². The van der Waals surface area contributed by atoms with Gasteiger partial charge in [-0.3, -0.25) is 9.59 Å². The minimum absolute atomic E-state index is 0.0380. The SMILES string of the molecule is CCNC(=O)C1CCCN(C(=O)c2cccnc2Sc2ccc(C)cc2C)C1. The Morgan fingerprint density at radius 1 is 1.29 bits per heavy atom. The first-order chi connectivity index (χ1) is 13.5. The zero-order chi connectivity index (χ0) is 20.1. The zero-order valence-corrected chi connectivity index (χ0v) is 17.5. The molecule has 2 heterocycles. The van der Waals surface area contributed by atoms with Crippen LogP contribution in [0.3, 0.4) is 0 Å². The molecule has 0 radical (unpaired) electrons. The number of piperidine rings is 1. The van der Waals surface area contributed by atoms with E-state index in [1.165, 1.54) is 22.9 Å². The molecule has 2 amide bonds. The predicted octanol–water partition coefficient (Wildman–Crippen LogP) is 3.84. The zero-order valence-electron chi connectivity index (χ0n) is 16.7. The molecule has 6 heteroatoms. The standard InChI is InChI=1S/C22H27N3O2S/c1-4-23-20(26)17-7-6-12-25(14-17)22(27)18-8-5-11-24-21(18)28-19-10-9-15(2)13-16(19)3/h5,8-11,13,17H,4,6-7,12,14H2,1-3H3,(H,23,26). The van der Waals surface area contributed by atoms with Crippen LogP contribution in [0.1, 0.15) is 41.3 Å². The van der Waals surface area contributed by atoms with Crippen LogP contribution in [-0.2, 0) is 4.79 Å². The van der Waals surface area contributed by atoms with E-state index < -0.39 is 0 Å². The van der Waals surface area contributed by atoms with Crippen LogP contribution in [0.5, 0.6) is 0 Å². The highest BCUT2D eigenvalue weighted by atomic mass is 32.2. The molecule has 28 heavy (non-hydrogen) atoms. The number of amides is 2. The lowest BCUT2D eigenvalue weighted by molar-refractivity contribution is -0.126. The number of benzene rings is 1. The molecule has 0 spiro atoms. The Morgan fingerprint density at radius 3 is 2.86 bits per heavy atom. The van der Waals surface area contributed by atoms with Gasteiger partial charge in [-0.2, -0.15) is 0 Å². The van der Waals surface area contributed by atoms with E-state index in [0.717, 1.165) is 17.7 Å². The summed E-state index contributed by atoms with van der Waals surface area (Å²) in [6, 6.07) is 9.90. The molecular formula is C22H27N3O2S. The van der Waals surface area contributed by atoms with E-state index in [9.17, 15) is 9.59 Å². The van der Waals surface area contributed by atoms with E-state index in [2.05, 4.69) is 42.3 Å². The molecule has 1 aromatic heterocycles. The molecule has 148 valence electrons. The van der Waals surface area contributed by atoms with Crippen molar-refractivity contribution in [2.24, 2.45) is 5.92 Å². The summed E-state index contributed by atoms with van der Waals surface area (Å²) >= 11 is 1.52. The largest absolute Gasteiger partial charge is 0.356 e. The van der Waals surface area contributed by atoms with Crippen molar-refractivity contribution in [3.8, 4) is 0 Å². The van der Waals surface area contributed by atoms with Crippen molar-refractivity contribution < 1.29 is 9.59 Å². The maximum Gasteiger partial charge on any atom is 0.256 e. The predicted molar refractivity (Wildman–Crippen MR) is 112 cm³/mol. The number of rotatable bonds is 5. The van der Waals surface area contributed by atoms with Gasteiger partial charge in [0.25, 0.3) is 5.91 Å². The van der Waals surface area contributed by atoms with Gasteiger partial charge < -0.3 is 10.2 Å². The number of likely N-dealkylation sites (tertiary alicyclic amines) is 1. The Bertz CT molecular complexity index is 869. The number of carbonyl (C=O) groups is 2. The fraction of sp³-hybridized carbons (Fsp3) is 0.409. The molecule has 1 saturated heterocycles. The Balaban J connectivity index is 1.79. The Kier molecular flexibility index (Phi) is 6.73. The monoisotopic (exact) mass is 397 g/mol. The average Bonchev–Trinajstić information content (AvgIpc) is 2.70. The van der Waals surface area contributed by atoms with E-state index in [4.69, 9.17) is 0 Å². The summed E-state index contributed by atoms with van der Waals surface area (Å²) in [5.41, 5.74) is 2.98. The average molecular weight is 398 g/mol. The van der Waals surface area contributed by atoms with Crippen molar-refractivity contribution >= 4 is 23.6 Å². The molecule has 1 atom stereocenters. The second-order valence-corrected chi connectivity index (χ2v) is 8.24. The fourth-order valence-electron chi connectivity index (χ4n) is 3.52. The number of nitrogens with zero attached hydrogens (tertiary/aromatic N) is 2. The second-order valence-electron chi connectivity index (χ2n) is 7.21. The lowest BCUT2D eigenvalue weighted by Crippen LogP contribution is -2.45. The summed E-state index contributed by atoms with van der Waals surface area (Å²) in [6.45, 7) is 7.81. The van der Waals surface area contributed by atoms with Gasteiger partial charge in [0, 0.05) is 30.7 Å². The molecular weight excluding hydrogens is 370 g/mol. The van der Waals surface area contributed by atoms with Gasteiger partial charge in [0.1, 0.15) is 5.03 Å². The highest BCUT2D eigenvalue weighted by molar-refractivity contribution is 7.99. The topological polar surface area (TPSA) is 62.3 Å². The molecule has 5 nitrogen and oxygen atoms in total. The van der Waals surface area contributed by atoms with Crippen molar-refractivity contribution in [3.63, 3.8) is 0 Å².